The lowest BCUT2D eigenvalue weighted by Crippen LogP contribution is -2.45. The van der Waals surface area contributed by atoms with E-state index in [2.05, 4.69) is 27.9 Å². The Morgan fingerprint density at radius 1 is 1.30 bits per heavy atom. The first-order valence-electron chi connectivity index (χ1n) is 9.57. The number of hydrogen-bond donors (Lipinski definition) is 0. The van der Waals surface area contributed by atoms with Crippen LogP contribution in [0.5, 0.6) is 0 Å². The third-order valence-electron chi connectivity index (χ3n) is 5.54. The molecule has 27 heavy (non-hydrogen) atoms. The summed E-state index contributed by atoms with van der Waals surface area (Å²) in [5.41, 5.74) is 1.47. The van der Waals surface area contributed by atoms with Crippen molar-refractivity contribution in [3.63, 3.8) is 0 Å². The monoisotopic (exact) mass is 368 g/mol. The molecule has 0 radical (unpaired) electrons. The van der Waals surface area contributed by atoms with Gasteiger partial charge in [-0.2, -0.15) is 0 Å². The highest BCUT2D eigenvalue weighted by Crippen LogP contribution is 2.36. The van der Waals surface area contributed by atoms with E-state index in [1.165, 1.54) is 7.11 Å². The van der Waals surface area contributed by atoms with Crippen molar-refractivity contribution in [3.05, 3.63) is 36.3 Å². The molecular weight excluding hydrogens is 340 g/mol. The van der Waals surface area contributed by atoms with Crippen LogP contribution >= 0.6 is 0 Å². The highest BCUT2D eigenvalue weighted by atomic mass is 16.5. The predicted molar refractivity (Wildman–Crippen MR) is 105 cm³/mol. The first-order chi connectivity index (χ1) is 13.0. The van der Waals surface area contributed by atoms with Crippen molar-refractivity contribution in [2.75, 3.05) is 25.1 Å². The van der Waals surface area contributed by atoms with Crippen LogP contribution in [-0.4, -0.2) is 41.1 Å². The highest BCUT2D eigenvalue weighted by Gasteiger charge is 2.40. The molecule has 1 saturated heterocycles. The Balaban J connectivity index is 1.90. The van der Waals surface area contributed by atoms with Crippen LogP contribution in [0.25, 0.3) is 11.4 Å². The van der Waals surface area contributed by atoms with Gasteiger partial charge in [0.1, 0.15) is 5.82 Å². The summed E-state index contributed by atoms with van der Waals surface area (Å²) in [7, 11) is 1.46. The molecule has 6 nitrogen and oxygen atoms in total. The van der Waals surface area contributed by atoms with Crippen molar-refractivity contribution in [1.82, 2.24) is 15.0 Å². The lowest BCUT2D eigenvalue weighted by Gasteiger charge is -2.40. The van der Waals surface area contributed by atoms with Crippen molar-refractivity contribution in [2.24, 2.45) is 11.3 Å². The number of piperidine rings is 1. The van der Waals surface area contributed by atoms with Crippen molar-refractivity contribution < 1.29 is 9.53 Å². The van der Waals surface area contributed by atoms with Gasteiger partial charge in [-0.25, -0.2) is 9.97 Å². The van der Waals surface area contributed by atoms with E-state index in [9.17, 15) is 4.79 Å². The minimum atomic E-state index is -0.512. The van der Waals surface area contributed by atoms with Gasteiger partial charge in [0.15, 0.2) is 5.82 Å². The molecule has 1 unspecified atom stereocenters. The molecule has 0 N–H and O–H groups in total. The van der Waals surface area contributed by atoms with Crippen LogP contribution in [0.3, 0.4) is 0 Å². The average Bonchev–Trinajstić information content (AvgIpc) is 2.73. The van der Waals surface area contributed by atoms with Gasteiger partial charge in [0.25, 0.3) is 0 Å². The van der Waals surface area contributed by atoms with Crippen LogP contribution in [0.15, 0.2) is 30.6 Å². The first-order valence-corrected chi connectivity index (χ1v) is 9.57. The van der Waals surface area contributed by atoms with Crippen molar-refractivity contribution in [1.29, 1.82) is 0 Å². The molecule has 6 heteroatoms. The second-order valence-corrected chi connectivity index (χ2v) is 7.63. The molecule has 1 aliphatic heterocycles. The molecule has 3 rings (SSSR count). The van der Waals surface area contributed by atoms with Gasteiger partial charge < -0.3 is 9.64 Å². The Morgan fingerprint density at radius 2 is 2.04 bits per heavy atom. The SMILES string of the molecule is CCc1cc(N2CCCC(C(C)(C)C(=O)OC)C2)nc(-c2ccncc2)n1. The quantitative estimate of drug-likeness (QED) is 0.752. The summed E-state index contributed by atoms with van der Waals surface area (Å²) in [6.07, 6.45) is 6.40. The summed E-state index contributed by atoms with van der Waals surface area (Å²) < 4.78 is 5.03. The van der Waals surface area contributed by atoms with Crippen LogP contribution in [0.4, 0.5) is 5.82 Å². The number of carbonyl (C=O) groups is 1. The molecule has 0 spiro atoms. The number of carbonyl (C=O) groups excluding carboxylic acids is 1. The summed E-state index contributed by atoms with van der Waals surface area (Å²) in [5, 5.41) is 0. The van der Waals surface area contributed by atoms with Gasteiger partial charge in [0, 0.05) is 42.8 Å². The zero-order chi connectivity index (χ0) is 19.4. The van der Waals surface area contributed by atoms with Gasteiger partial charge in [0.2, 0.25) is 0 Å². The zero-order valence-corrected chi connectivity index (χ0v) is 16.6. The van der Waals surface area contributed by atoms with Gasteiger partial charge in [-0.3, -0.25) is 9.78 Å². The maximum absolute atomic E-state index is 12.2. The van der Waals surface area contributed by atoms with Gasteiger partial charge >= 0.3 is 5.97 Å². The number of ether oxygens (including phenoxy) is 1. The second kappa shape index (κ2) is 8.03. The van der Waals surface area contributed by atoms with Gasteiger partial charge in [-0.05, 0) is 51.2 Å². The molecule has 0 bridgehead atoms. The Bertz CT molecular complexity index is 792. The van der Waals surface area contributed by atoms with Gasteiger partial charge in [-0.15, -0.1) is 0 Å². The largest absolute Gasteiger partial charge is 0.469 e. The number of pyridine rings is 1. The van der Waals surface area contributed by atoms with Crippen molar-refractivity contribution >= 4 is 11.8 Å². The number of nitrogens with zero attached hydrogens (tertiary/aromatic N) is 4. The van der Waals surface area contributed by atoms with Crippen LogP contribution in [0, 0.1) is 11.3 Å². The minimum absolute atomic E-state index is 0.149. The van der Waals surface area contributed by atoms with E-state index in [0.29, 0.717) is 0 Å². The zero-order valence-electron chi connectivity index (χ0n) is 16.6. The van der Waals surface area contributed by atoms with Crippen molar-refractivity contribution in [2.45, 2.75) is 40.0 Å². The summed E-state index contributed by atoms with van der Waals surface area (Å²) >= 11 is 0. The summed E-state index contributed by atoms with van der Waals surface area (Å²) in [5.74, 6) is 1.73. The number of anilines is 1. The van der Waals surface area contributed by atoms with E-state index in [1.807, 2.05) is 26.0 Å². The molecule has 3 heterocycles. The fourth-order valence-corrected chi connectivity index (χ4v) is 3.66. The summed E-state index contributed by atoms with van der Waals surface area (Å²) in [6, 6.07) is 5.92. The topological polar surface area (TPSA) is 68.2 Å². The van der Waals surface area contributed by atoms with Gasteiger partial charge in [0.05, 0.1) is 12.5 Å². The molecule has 1 fully saturated rings. The average molecular weight is 368 g/mol. The number of methoxy groups -OCH3 is 1. The predicted octanol–water partition coefficient (Wildman–Crippen LogP) is 3.52. The van der Waals surface area contributed by atoms with E-state index in [0.717, 1.165) is 55.3 Å². The lowest BCUT2D eigenvalue weighted by molar-refractivity contribution is -0.154. The van der Waals surface area contributed by atoms with E-state index >= 15 is 0 Å². The fourth-order valence-electron chi connectivity index (χ4n) is 3.66. The number of hydrogen-bond acceptors (Lipinski definition) is 6. The minimum Gasteiger partial charge on any atom is -0.469 e. The van der Waals surface area contributed by atoms with Crippen LogP contribution < -0.4 is 4.90 Å². The molecule has 0 aliphatic carbocycles. The third kappa shape index (κ3) is 4.10. The Labute approximate surface area is 161 Å². The maximum Gasteiger partial charge on any atom is 0.311 e. The number of esters is 1. The van der Waals surface area contributed by atoms with Crippen LogP contribution in [0.1, 0.15) is 39.3 Å². The van der Waals surface area contributed by atoms with E-state index in [1.54, 1.807) is 12.4 Å². The second-order valence-electron chi connectivity index (χ2n) is 7.63. The standard InChI is InChI=1S/C21H28N4O2/c1-5-17-13-18(24-19(23-17)15-8-10-22-11-9-15)25-12-6-7-16(14-25)21(2,3)20(26)27-4/h8-11,13,16H,5-7,12,14H2,1-4H3. The number of aryl methyl sites for hydroxylation is 1. The van der Waals surface area contributed by atoms with E-state index in [4.69, 9.17) is 9.72 Å². The molecule has 0 aromatic carbocycles. The normalized spacial score (nSPS) is 17.6. The van der Waals surface area contributed by atoms with Crippen LogP contribution in [0.2, 0.25) is 0 Å². The molecule has 0 amide bonds. The summed E-state index contributed by atoms with van der Waals surface area (Å²) in [4.78, 5) is 28.1. The molecular formula is C21H28N4O2. The number of aromatic nitrogens is 3. The molecule has 144 valence electrons. The summed E-state index contributed by atoms with van der Waals surface area (Å²) in [6.45, 7) is 7.78. The third-order valence-corrected chi connectivity index (χ3v) is 5.54. The molecule has 2 aromatic heterocycles. The fraction of sp³-hybridized carbons (Fsp3) is 0.524. The van der Waals surface area contributed by atoms with Crippen LogP contribution in [-0.2, 0) is 16.0 Å². The lowest BCUT2D eigenvalue weighted by atomic mass is 9.74. The smallest absolute Gasteiger partial charge is 0.311 e. The van der Waals surface area contributed by atoms with E-state index < -0.39 is 5.41 Å². The first kappa shape index (κ1) is 19.3. The Hall–Kier alpha value is -2.50. The highest BCUT2D eigenvalue weighted by molar-refractivity contribution is 5.76. The van der Waals surface area contributed by atoms with E-state index in [-0.39, 0.29) is 11.9 Å². The molecule has 0 saturated carbocycles. The van der Waals surface area contributed by atoms with Gasteiger partial charge in [-0.1, -0.05) is 6.92 Å². The molecule has 2 aromatic rings. The molecule has 1 atom stereocenters. The maximum atomic E-state index is 12.2. The Morgan fingerprint density at radius 3 is 2.70 bits per heavy atom. The van der Waals surface area contributed by atoms with Crippen molar-refractivity contribution in [3.8, 4) is 11.4 Å². The number of rotatable bonds is 5. The Kier molecular flexibility index (Phi) is 5.73. The molecule has 1 aliphatic rings.